The van der Waals surface area contributed by atoms with Crippen molar-refractivity contribution in [1.29, 1.82) is 0 Å². The molecule has 0 amide bonds. The van der Waals surface area contributed by atoms with E-state index in [0.717, 1.165) is 0 Å². The van der Waals surface area contributed by atoms with Crippen molar-refractivity contribution in [3.05, 3.63) is 0 Å². The molecule has 32 valence electrons. The summed E-state index contributed by atoms with van der Waals surface area (Å²) in [6.07, 6.45) is -1.83. The lowest BCUT2D eigenvalue weighted by Gasteiger charge is -1.60. The van der Waals surface area contributed by atoms with Gasteiger partial charge in [-0.1, -0.05) is 0 Å². The van der Waals surface area contributed by atoms with Crippen LogP contribution in [0.15, 0.2) is 0 Å². The van der Waals surface area contributed by atoms with E-state index in [9.17, 15) is 0 Å². The summed E-state index contributed by atoms with van der Waals surface area (Å²) in [5.41, 5.74) is 0. The summed E-state index contributed by atoms with van der Waals surface area (Å²) in [7, 11) is 0. The van der Waals surface area contributed by atoms with Crippen LogP contribution in [0.3, 0.4) is 0 Å². The first-order chi connectivity index (χ1) is 1.73. The maximum Gasteiger partial charge on any atom is 0.503 e. The average Bonchev–Trinajstić information content (AvgIpc) is 0.811. The van der Waals surface area contributed by atoms with Crippen molar-refractivity contribution in [2.75, 3.05) is 0 Å². The third-order valence-corrected chi connectivity index (χ3v) is 0. The van der Waals surface area contributed by atoms with Gasteiger partial charge < -0.3 is 10.2 Å². The largest absolute Gasteiger partial charge is 0.503 e. The van der Waals surface area contributed by atoms with Crippen LogP contribution in [-0.4, -0.2) is 27.3 Å². The summed E-state index contributed by atoms with van der Waals surface area (Å²) in [4.78, 5) is 8.56. The molecule has 2 N–H and O–H groups in total. The standard InChI is InChI=1S/CH2O3.H4Si/c2-1(3)4;/h(H2,2,3,4);1H4. The van der Waals surface area contributed by atoms with Crippen LogP contribution in [0.25, 0.3) is 0 Å². The van der Waals surface area contributed by atoms with Crippen molar-refractivity contribution >= 4 is 17.1 Å². The van der Waals surface area contributed by atoms with Gasteiger partial charge >= 0.3 is 6.16 Å². The molecule has 0 atom stereocenters. The minimum absolute atomic E-state index is 0. The summed E-state index contributed by atoms with van der Waals surface area (Å²) in [5, 5.41) is 13.9. The van der Waals surface area contributed by atoms with Gasteiger partial charge in [0.15, 0.2) is 0 Å². The summed E-state index contributed by atoms with van der Waals surface area (Å²) in [6.45, 7) is 0. The lowest BCUT2D eigenvalue weighted by molar-refractivity contribution is 0.137. The molecule has 0 aromatic heterocycles. The fraction of sp³-hybridized carbons (Fsp3) is 0. The maximum atomic E-state index is 8.56. The van der Waals surface area contributed by atoms with E-state index in [2.05, 4.69) is 0 Å². The second-order valence-electron chi connectivity index (χ2n) is 0.283. The fourth-order valence-corrected chi connectivity index (χ4v) is 0. The van der Waals surface area contributed by atoms with Gasteiger partial charge in [-0.05, 0) is 11.0 Å². The van der Waals surface area contributed by atoms with E-state index in [0.29, 0.717) is 0 Å². The quantitative estimate of drug-likeness (QED) is 0.369. The van der Waals surface area contributed by atoms with Crippen LogP contribution in [0, 0.1) is 0 Å². The first-order valence-electron chi connectivity index (χ1n) is 0.651. The molecule has 0 unspecified atom stereocenters. The zero-order chi connectivity index (χ0) is 3.58. The molecule has 0 fully saturated rings. The summed E-state index contributed by atoms with van der Waals surface area (Å²) >= 11 is 0. The lowest BCUT2D eigenvalue weighted by Crippen LogP contribution is -1.81. The number of hydrogen-bond acceptors (Lipinski definition) is 1. The Bertz CT molecular complexity index is 29.9. The van der Waals surface area contributed by atoms with Crippen molar-refractivity contribution in [3.63, 3.8) is 0 Å². The van der Waals surface area contributed by atoms with Crippen LogP contribution in [0.5, 0.6) is 0 Å². The highest BCUT2D eigenvalue weighted by Crippen LogP contribution is 1.42. The second kappa shape index (κ2) is 3.49. The minimum atomic E-state index is -1.83. The average molecular weight is 94.1 g/mol. The summed E-state index contributed by atoms with van der Waals surface area (Å²) in [5.74, 6) is 0. The van der Waals surface area contributed by atoms with E-state index in [1.807, 2.05) is 0 Å². The summed E-state index contributed by atoms with van der Waals surface area (Å²) in [6, 6.07) is 0. The lowest BCUT2D eigenvalue weighted by atomic mass is 11.5. The van der Waals surface area contributed by atoms with Crippen molar-refractivity contribution in [2.45, 2.75) is 0 Å². The van der Waals surface area contributed by atoms with Gasteiger partial charge in [-0.3, -0.25) is 0 Å². The Hall–Kier alpha value is -0.513. The van der Waals surface area contributed by atoms with Crippen LogP contribution < -0.4 is 0 Å². The third kappa shape index (κ3) is 29.3. The third-order valence-electron chi connectivity index (χ3n) is 0. The maximum absolute atomic E-state index is 8.56. The molecule has 0 aromatic rings. The molecule has 0 aliphatic rings. The second-order valence-corrected chi connectivity index (χ2v) is 0.283. The molecule has 0 spiro atoms. The van der Waals surface area contributed by atoms with Crippen LogP contribution in [0.1, 0.15) is 0 Å². The van der Waals surface area contributed by atoms with Gasteiger partial charge in [0.25, 0.3) is 0 Å². The molecule has 0 radical (unpaired) electrons. The van der Waals surface area contributed by atoms with E-state index in [-0.39, 0.29) is 11.0 Å². The molecule has 5 heavy (non-hydrogen) atoms. The van der Waals surface area contributed by atoms with Crippen molar-refractivity contribution < 1.29 is 15.0 Å². The van der Waals surface area contributed by atoms with E-state index in [1.165, 1.54) is 0 Å². The van der Waals surface area contributed by atoms with Crippen molar-refractivity contribution in [3.8, 4) is 0 Å². The Labute approximate surface area is 33.3 Å². The molecule has 0 aromatic carbocycles. The molecule has 0 bridgehead atoms. The molecule has 0 aliphatic carbocycles. The van der Waals surface area contributed by atoms with Crippen molar-refractivity contribution in [2.24, 2.45) is 0 Å². The summed E-state index contributed by atoms with van der Waals surface area (Å²) < 4.78 is 0. The van der Waals surface area contributed by atoms with Gasteiger partial charge in [0.05, 0.1) is 0 Å². The number of hydrogen-bond donors (Lipinski definition) is 2. The zero-order valence-electron chi connectivity index (χ0n) is 1.80. The minimum Gasteiger partial charge on any atom is -0.450 e. The van der Waals surface area contributed by atoms with E-state index in [1.54, 1.807) is 0 Å². The molecule has 0 rings (SSSR count). The van der Waals surface area contributed by atoms with Crippen molar-refractivity contribution in [1.82, 2.24) is 0 Å². The molecule has 4 heteroatoms. The molecular weight excluding hydrogens is 88.1 g/mol. The van der Waals surface area contributed by atoms with E-state index in [4.69, 9.17) is 15.0 Å². The number of carboxylic acid groups (broad SMARTS) is 2. The van der Waals surface area contributed by atoms with Gasteiger partial charge in [-0.15, -0.1) is 0 Å². The SMILES string of the molecule is O=C(O)O.[SiH4]. The highest BCUT2D eigenvalue weighted by molar-refractivity contribution is 5.75. The highest BCUT2D eigenvalue weighted by Gasteiger charge is 1.70. The first-order valence-corrected chi connectivity index (χ1v) is 0.651. The number of rotatable bonds is 0. The molecule has 3 nitrogen and oxygen atoms in total. The predicted molar refractivity (Wildman–Crippen MR) is 22.0 cm³/mol. The Balaban J connectivity index is 0. The smallest absolute Gasteiger partial charge is 0.450 e. The van der Waals surface area contributed by atoms with E-state index >= 15 is 0 Å². The molecule has 0 heterocycles. The Kier molecular flexibility index (Phi) is 6.15. The Morgan fingerprint density at radius 2 is 1.40 bits per heavy atom. The van der Waals surface area contributed by atoms with Crippen LogP contribution in [-0.2, 0) is 0 Å². The van der Waals surface area contributed by atoms with Gasteiger partial charge in [0.1, 0.15) is 0 Å². The molecular formula is CH6O3Si. The highest BCUT2D eigenvalue weighted by atomic mass is 28.1. The topological polar surface area (TPSA) is 57.5 Å². The van der Waals surface area contributed by atoms with Crippen LogP contribution in [0.4, 0.5) is 4.79 Å². The Morgan fingerprint density at radius 3 is 1.40 bits per heavy atom. The number of carbonyl (C=O) groups is 1. The normalized spacial score (nSPS) is 4.80. The van der Waals surface area contributed by atoms with Gasteiger partial charge in [0.2, 0.25) is 0 Å². The van der Waals surface area contributed by atoms with E-state index < -0.39 is 6.16 Å². The Morgan fingerprint density at radius 1 is 1.40 bits per heavy atom. The zero-order valence-corrected chi connectivity index (χ0v) is 1.80. The molecule has 0 aliphatic heterocycles. The van der Waals surface area contributed by atoms with Gasteiger partial charge in [-0.25, -0.2) is 4.79 Å². The molecule has 0 saturated heterocycles. The van der Waals surface area contributed by atoms with Gasteiger partial charge in [-0.2, -0.15) is 0 Å². The van der Waals surface area contributed by atoms with Gasteiger partial charge in [0, 0.05) is 0 Å². The van der Waals surface area contributed by atoms with Crippen LogP contribution >= 0.6 is 0 Å². The first kappa shape index (κ1) is 8.82. The fourth-order valence-electron chi connectivity index (χ4n) is 0. The van der Waals surface area contributed by atoms with Crippen LogP contribution in [0.2, 0.25) is 0 Å². The molecule has 0 saturated carbocycles. The predicted octanol–water partition coefficient (Wildman–Crippen LogP) is -1.23. The monoisotopic (exact) mass is 94.0 g/mol.